The van der Waals surface area contributed by atoms with Gasteiger partial charge in [-0.05, 0) is 18.2 Å². The zero-order chi connectivity index (χ0) is 16.7. The molecule has 2 rings (SSSR count). The van der Waals surface area contributed by atoms with E-state index in [4.69, 9.17) is 11.6 Å². The molecule has 1 aromatic rings. The van der Waals surface area contributed by atoms with Gasteiger partial charge in [-0.2, -0.15) is 10.1 Å². The van der Waals surface area contributed by atoms with Gasteiger partial charge in [-0.1, -0.05) is 11.6 Å². The number of aromatic hydroxyl groups is 1. The highest BCUT2D eigenvalue weighted by atomic mass is 35.5. The van der Waals surface area contributed by atoms with Crippen LogP contribution in [0.15, 0.2) is 23.3 Å². The van der Waals surface area contributed by atoms with E-state index in [1.807, 2.05) is 0 Å². The molecule has 2 N–H and O–H groups in total. The monoisotopic (exact) mass is 340 g/mol. The van der Waals surface area contributed by atoms with E-state index in [0.29, 0.717) is 0 Å². The third-order valence-electron chi connectivity index (χ3n) is 3.02. The van der Waals surface area contributed by atoms with Crippen molar-refractivity contribution in [1.82, 2.24) is 5.01 Å². The Bertz CT molecular complexity index is 641. The number of phenolic OH excluding ortho intramolecular Hbond substituents is 1. The van der Waals surface area contributed by atoms with Crippen LogP contribution in [0, 0.1) is 0 Å². The molecule has 120 valence electrons. The number of carbonyl (C=O) groups excluding carboxylic acids is 1. The first-order valence-corrected chi connectivity index (χ1v) is 6.23. The molecule has 1 aliphatic heterocycles. The highest BCUT2D eigenvalue weighted by Crippen LogP contribution is 2.35. The Hall–Kier alpha value is -1.87. The Labute approximate surface area is 126 Å². The summed E-state index contributed by atoms with van der Waals surface area (Å²) >= 11 is 5.63. The highest BCUT2D eigenvalue weighted by Gasteiger charge is 2.53. The number of benzene rings is 1. The standard InChI is InChI=1S/C12H9ClF4N2O3/c13-5-1-2-8(20)6(3-5)10(21)19-12(22,11(16)17)4-7(18-19)9(14)15/h1-3,9,11,20,22H,4H2/t12-/m1/s1. The number of amides is 1. The number of halogens is 5. The van der Waals surface area contributed by atoms with Gasteiger partial charge in [0.2, 0.25) is 5.72 Å². The lowest BCUT2D eigenvalue weighted by Gasteiger charge is -2.30. The molecule has 1 amide bonds. The Kier molecular flexibility index (Phi) is 4.30. The first-order valence-electron chi connectivity index (χ1n) is 5.86. The van der Waals surface area contributed by atoms with E-state index >= 15 is 0 Å². The van der Waals surface area contributed by atoms with Gasteiger partial charge in [0.05, 0.1) is 5.56 Å². The molecule has 0 saturated carbocycles. The average molecular weight is 341 g/mol. The number of carbonyl (C=O) groups is 1. The van der Waals surface area contributed by atoms with E-state index in [2.05, 4.69) is 5.10 Å². The van der Waals surface area contributed by atoms with Crippen molar-refractivity contribution >= 4 is 23.2 Å². The van der Waals surface area contributed by atoms with Crippen LogP contribution >= 0.6 is 11.6 Å². The normalized spacial score (nSPS) is 21.6. The van der Waals surface area contributed by atoms with Crippen molar-refractivity contribution in [2.75, 3.05) is 0 Å². The number of hydrazone groups is 1. The summed E-state index contributed by atoms with van der Waals surface area (Å²) in [5, 5.41) is 22.3. The quantitative estimate of drug-likeness (QED) is 0.830. The van der Waals surface area contributed by atoms with E-state index in [1.165, 1.54) is 6.07 Å². The van der Waals surface area contributed by atoms with Crippen LogP contribution < -0.4 is 0 Å². The molecule has 1 aromatic carbocycles. The molecule has 0 bridgehead atoms. The summed E-state index contributed by atoms with van der Waals surface area (Å²) in [5.74, 6) is -2.00. The molecule has 1 atom stereocenters. The van der Waals surface area contributed by atoms with Crippen molar-refractivity contribution in [2.45, 2.75) is 25.0 Å². The minimum atomic E-state index is -3.54. The van der Waals surface area contributed by atoms with Crippen molar-refractivity contribution in [1.29, 1.82) is 0 Å². The van der Waals surface area contributed by atoms with Gasteiger partial charge in [0.1, 0.15) is 11.5 Å². The number of hydrogen-bond donors (Lipinski definition) is 2. The lowest BCUT2D eigenvalue weighted by molar-refractivity contribution is -0.164. The van der Waals surface area contributed by atoms with Crippen molar-refractivity contribution in [2.24, 2.45) is 5.10 Å². The first-order chi connectivity index (χ1) is 10.2. The van der Waals surface area contributed by atoms with E-state index in [-0.39, 0.29) is 10.0 Å². The summed E-state index contributed by atoms with van der Waals surface area (Å²) in [4.78, 5) is 12.2. The second-order valence-corrected chi connectivity index (χ2v) is 4.96. The maximum absolute atomic E-state index is 13.0. The number of aliphatic hydroxyl groups is 1. The fourth-order valence-corrected chi connectivity index (χ4v) is 2.07. The number of rotatable bonds is 3. The zero-order valence-electron chi connectivity index (χ0n) is 10.7. The third-order valence-corrected chi connectivity index (χ3v) is 3.25. The fraction of sp³-hybridized carbons (Fsp3) is 0.333. The molecule has 0 fully saturated rings. The molecule has 0 unspecified atom stereocenters. The topological polar surface area (TPSA) is 73.1 Å². The summed E-state index contributed by atoms with van der Waals surface area (Å²) in [6.45, 7) is 0. The zero-order valence-corrected chi connectivity index (χ0v) is 11.4. The van der Waals surface area contributed by atoms with E-state index in [1.54, 1.807) is 0 Å². The molecule has 5 nitrogen and oxygen atoms in total. The SMILES string of the molecule is O=C(c1cc(Cl)ccc1O)N1N=C(C(F)F)C[C@@]1(O)C(F)F. The summed E-state index contributed by atoms with van der Waals surface area (Å²) in [7, 11) is 0. The maximum atomic E-state index is 13.0. The summed E-state index contributed by atoms with van der Waals surface area (Å²) < 4.78 is 51.3. The van der Waals surface area contributed by atoms with Crippen LogP contribution in [0.4, 0.5) is 17.6 Å². The lowest BCUT2D eigenvalue weighted by Crippen LogP contribution is -2.51. The van der Waals surface area contributed by atoms with E-state index in [0.717, 1.165) is 12.1 Å². The van der Waals surface area contributed by atoms with Crippen molar-refractivity contribution in [3.05, 3.63) is 28.8 Å². The van der Waals surface area contributed by atoms with E-state index < -0.39 is 47.9 Å². The molecular weight excluding hydrogens is 332 g/mol. The predicted molar refractivity (Wildman–Crippen MR) is 68.3 cm³/mol. The van der Waals surface area contributed by atoms with E-state index in [9.17, 15) is 32.6 Å². The van der Waals surface area contributed by atoms with Crippen molar-refractivity contribution in [3.63, 3.8) is 0 Å². The summed E-state index contributed by atoms with van der Waals surface area (Å²) in [5.41, 5.74) is -4.82. The molecular formula is C12H9ClF4N2O3. The minimum Gasteiger partial charge on any atom is -0.507 e. The molecule has 0 aromatic heterocycles. The molecule has 1 heterocycles. The highest BCUT2D eigenvalue weighted by molar-refractivity contribution is 6.31. The molecule has 0 spiro atoms. The molecule has 0 radical (unpaired) electrons. The molecule has 1 aliphatic rings. The summed E-state index contributed by atoms with van der Waals surface area (Å²) in [6, 6.07) is 3.19. The van der Waals surface area contributed by atoms with Gasteiger partial charge < -0.3 is 10.2 Å². The lowest BCUT2D eigenvalue weighted by atomic mass is 10.1. The van der Waals surface area contributed by atoms with Crippen molar-refractivity contribution in [3.8, 4) is 5.75 Å². The van der Waals surface area contributed by atoms with Gasteiger partial charge >= 0.3 is 0 Å². The number of hydrogen-bond acceptors (Lipinski definition) is 4. The Morgan fingerprint density at radius 1 is 1.36 bits per heavy atom. The Morgan fingerprint density at radius 3 is 2.55 bits per heavy atom. The van der Waals surface area contributed by atoms with Crippen LogP contribution in [-0.2, 0) is 0 Å². The van der Waals surface area contributed by atoms with Crippen molar-refractivity contribution < 1.29 is 32.6 Å². The average Bonchev–Trinajstić information content (AvgIpc) is 2.80. The van der Waals surface area contributed by atoms with Crippen LogP contribution in [0.2, 0.25) is 5.02 Å². The van der Waals surface area contributed by atoms with Crippen LogP contribution in [0.1, 0.15) is 16.8 Å². The van der Waals surface area contributed by atoms with Crippen LogP contribution in [0.25, 0.3) is 0 Å². The smallest absolute Gasteiger partial charge is 0.287 e. The van der Waals surface area contributed by atoms with Crippen LogP contribution in [-0.4, -0.2) is 45.4 Å². The van der Waals surface area contributed by atoms with Gasteiger partial charge in [-0.15, -0.1) is 0 Å². The fourth-order valence-electron chi connectivity index (χ4n) is 1.90. The number of phenols is 1. The largest absolute Gasteiger partial charge is 0.507 e. The molecule has 0 saturated heterocycles. The molecule has 10 heteroatoms. The molecule has 22 heavy (non-hydrogen) atoms. The first kappa shape index (κ1) is 16.5. The number of alkyl halides is 4. The van der Waals surface area contributed by atoms with Crippen LogP contribution in [0.3, 0.4) is 0 Å². The Morgan fingerprint density at radius 2 is 2.00 bits per heavy atom. The third kappa shape index (κ3) is 2.73. The Balaban J connectivity index is 2.47. The summed E-state index contributed by atoms with van der Waals surface area (Å²) in [6.07, 6.45) is -7.95. The van der Waals surface area contributed by atoms with Gasteiger partial charge in [-0.3, -0.25) is 4.79 Å². The van der Waals surface area contributed by atoms with Crippen LogP contribution in [0.5, 0.6) is 5.75 Å². The second-order valence-electron chi connectivity index (χ2n) is 4.53. The van der Waals surface area contributed by atoms with Gasteiger partial charge in [-0.25, -0.2) is 17.6 Å². The maximum Gasteiger partial charge on any atom is 0.287 e. The second kappa shape index (κ2) is 5.73. The minimum absolute atomic E-state index is 0.000929. The van der Waals surface area contributed by atoms with Gasteiger partial charge in [0.25, 0.3) is 18.8 Å². The molecule has 0 aliphatic carbocycles. The number of nitrogens with zero attached hydrogens (tertiary/aromatic N) is 2. The predicted octanol–water partition coefficient (Wildman–Crippen LogP) is 2.47. The van der Waals surface area contributed by atoms with Gasteiger partial charge in [0, 0.05) is 11.4 Å². The van der Waals surface area contributed by atoms with Gasteiger partial charge in [0.15, 0.2) is 0 Å².